The highest BCUT2D eigenvalue weighted by molar-refractivity contribution is 5.99. The van der Waals surface area contributed by atoms with Crippen LogP contribution in [0.3, 0.4) is 0 Å². The van der Waals surface area contributed by atoms with Crippen LogP contribution in [0.15, 0.2) is 42.7 Å². The van der Waals surface area contributed by atoms with Crippen molar-refractivity contribution in [2.45, 2.75) is 6.54 Å². The van der Waals surface area contributed by atoms with Crippen LogP contribution in [0.25, 0.3) is 10.9 Å². The van der Waals surface area contributed by atoms with Gasteiger partial charge in [-0.15, -0.1) is 0 Å². The summed E-state index contributed by atoms with van der Waals surface area (Å²) in [5, 5.41) is 6.88. The number of carbonyl (C=O) groups is 1. The molecule has 0 spiro atoms. The zero-order valence-corrected chi connectivity index (χ0v) is 11.6. The van der Waals surface area contributed by atoms with Gasteiger partial charge in [0.25, 0.3) is 5.91 Å². The second-order valence-electron chi connectivity index (χ2n) is 4.54. The quantitative estimate of drug-likeness (QED) is 0.682. The van der Waals surface area contributed by atoms with Crippen molar-refractivity contribution in [1.29, 1.82) is 0 Å². The number of benzene rings is 1. The number of aromatic nitrogens is 3. The Morgan fingerprint density at radius 2 is 2.19 bits per heavy atom. The summed E-state index contributed by atoms with van der Waals surface area (Å²) in [6.07, 6.45) is 3.36. The number of anilines is 1. The standard InChI is InChI=1S/C15H15N5O/c1-16-12-8-13(20-11-5-3-2-4-10(11)12)15(21)19-9-14-17-6-7-18-14/h2-8H,9H2,1H3,(H,16,20)(H,17,18)(H,19,21). The Balaban J connectivity index is 1.87. The van der Waals surface area contributed by atoms with Crippen LogP contribution in [0.5, 0.6) is 0 Å². The van der Waals surface area contributed by atoms with Crippen LogP contribution in [0.2, 0.25) is 0 Å². The highest BCUT2D eigenvalue weighted by Gasteiger charge is 2.11. The summed E-state index contributed by atoms with van der Waals surface area (Å²) >= 11 is 0. The van der Waals surface area contributed by atoms with Gasteiger partial charge in [-0.3, -0.25) is 4.79 Å². The van der Waals surface area contributed by atoms with Crippen molar-refractivity contribution in [3.8, 4) is 0 Å². The molecule has 2 aromatic heterocycles. The van der Waals surface area contributed by atoms with Gasteiger partial charge in [0.1, 0.15) is 11.5 Å². The summed E-state index contributed by atoms with van der Waals surface area (Å²) in [6, 6.07) is 9.46. The summed E-state index contributed by atoms with van der Waals surface area (Å²) in [7, 11) is 1.83. The minimum Gasteiger partial charge on any atom is -0.388 e. The molecule has 2 heterocycles. The van der Waals surface area contributed by atoms with Gasteiger partial charge in [0.2, 0.25) is 0 Å². The maximum Gasteiger partial charge on any atom is 0.270 e. The third-order valence-corrected chi connectivity index (χ3v) is 3.19. The largest absolute Gasteiger partial charge is 0.388 e. The van der Waals surface area contributed by atoms with Crippen LogP contribution in [-0.4, -0.2) is 27.9 Å². The van der Waals surface area contributed by atoms with Gasteiger partial charge in [-0.1, -0.05) is 18.2 Å². The number of fused-ring (bicyclic) bond motifs is 1. The summed E-state index contributed by atoms with van der Waals surface area (Å²) in [5.74, 6) is 0.478. The van der Waals surface area contributed by atoms with Gasteiger partial charge in [-0.25, -0.2) is 9.97 Å². The van der Waals surface area contributed by atoms with Crippen LogP contribution in [0.4, 0.5) is 5.69 Å². The molecule has 0 fully saturated rings. The fourth-order valence-corrected chi connectivity index (χ4v) is 2.15. The van der Waals surface area contributed by atoms with Crippen molar-refractivity contribution in [3.05, 3.63) is 54.2 Å². The molecule has 3 aromatic rings. The maximum absolute atomic E-state index is 12.2. The molecule has 1 amide bonds. The molecule has 0 unspecified atom stereocenters. The fourth-order valence-electron chi connectivity index (χ4n) is 2.15. The molecular formula is C15H15N5O. The van der Waals surface area contributed by atoms with Gasteiger partial charge in [0, 0.05) is 30.5 Å². The van der Waals surface area contributed by atoms with Gasteiger partial charge in [-0.05, 0) is 12.1 Å². The zero-order chi connectivity index (χ0) is 14.7. The van der Waals surface area contributed by atoms with E-state index in [0.717, 1.165) is 16.6 Å². The molecular weight excluding hydrogens is 266 g/mol. The van der Waals surface area contributed by atoms with Crippen LogP contribution >= 0.6 is 0 Å². The Hall–Kier alpha value is -2.89. The predicted molar refractivity (Wildman–Crippen MR) is 81.0 cm³/mol. The van der Waals surface area contributed by atoms with Gasteiger partial charge in [0.15, 0.2) is 0 Å². The van der Waals surface area contributed by atoms with E-state index < -0.39 is 0 Å². The lowest BCUT2D eigenvalue weighted by Gasteiger charge is -2.09. The van der Waals surface area contributed by atoms with E-state index in [1.54, 1.807) is 18.5 Å². The lowest BCUT2D eigenvalue weighted by atomic mass is 10.1. The molecule has 6 heteroatoms. The second kappa shape index (κ2) is 5.62. The predicted octanol–water partition coefficient (Wildman–Crippen LogP) is 1.93. The Morgan fingerprint density at radius 3 is 2.95 bits per heavy atom. The molecule has 0 bridgehead atoms. The first-order valence-electron chi connectivity index (χ1n) is 6.62. The monoisotopic (exact) mass is 281 g/mol. The third kappa shape index (κ3) is 2.69. The van der Waals surface area contributed by atoms with Gasteiger partial charge < -0.3 is 15.6 Å². The Labute approximate surface area is 121 Å². The van der Waals surface area contributed by atoms with Gasteiger partial charge >= 0.3 is 0 Å². The van der Waals surface area contributed by atoms with Crippen molar-refractivity contribution in [3.63, 3.8) is 0 Å². The summed E-state index contributed by atoms with van der Waals surface area (Å²) in [4.78, 5) is 23.6. The van der Waals surface area contributed by atoms with Crippen molar-refractivity contribution in [2.24, 2.45) is 0 Å². The minimum atomic E-state index is -0.228. The van der Waals surface area contributed by atoms with Crippen LogP contribution in [-0.2, 0) is 6.54 Å². The average Bonchev–Trinajstić information content (AvgIpc) is 3.04. The molecule has 0 aliphatic rings. The highest BCUT2D eigenvalue weighted by Crippen LogP contribution is 2.22. The van der Waals surface area contributed by atoms with E-state index in [1.807, 2.05) is 31.3 Å². The molecule has 1 aromatic carbocycles. The number of H-pyrrole nitrogens is 1. The number of aromatic amines is 1. The van der Waals surface area contributed by atoms with Gasteiger partial charge in [-0.2, -0.15) is 0 Å². The van der Waals surface area contributed by atoms with E-state index in [0.29, 0.717) is 18.1 Å². The maximum atomic E-state index is 12.2. The van der Waals surface area contributed by atoms with Crippen molar-refractivity contribution < 1.29 is 4.79 Å². The van der Waals surface area contributed by atoms with Crippen LogP contribution in [0.1, 0.15) is 16.3 Å². The molecule has 0 radical (unpaired) electrons. The number of hydrogen-bond donors (Lipinski definition) is 3. The minimum absolute atomic E-state index is 0.228. The van der Waals surface area contributed by atoms with E-state index in [4.69, 9.17) is 0 Å². The molecule has 0 saturated carbocycles. The van der Waals surface area contributed by atoms with Crippen LogP contribution in [0, 0.1) is 0 Å². The lowest BCUT2D eigenvalue weighted by molar-refractivity contribution is 0.0945. The number of hydrogen-bond acceptors (Lipinski definition) is 4. The third-order valence-electron chi connectivity index (χ3n) is 3.19. The first-order valence-corrected chi connectivity index (χ1v) is 6.62. The first-order chi connectivity index (χ1) is 10.3. The van der Waals surface area contributed by atoms with E-state index in [2.05, 4.69) is 25.6 Å². The average molecular weight is 281 g/mol. The smallest absolute Gasteiger partial charge is 0.270 e. The van der Waals surface area contributed by atoms with Crippen molar-refractivity contribution in [1.82, 2.24) is 20.3 Å². The van der Waals surface area contributed by atoms with E-state index in [9.17, 15) is 4.79 Å². The molecule has 3 N–H and O–H groups in total. The number of imidazole rings is 1. The lowest BCUT2D eigenvalue weighted by Crippen LogP contribution is -2.24. The number of nitrogens with one attached hydrogen (secondary N) is 3. The molecule has 0 aliphatic heterocycles. The van der Waals surface area contributed by atoms with Crippen LogP contribution < -0.4 is 10.6 Å². The Kier molecular flexibility index (Phi) is 3.51. The summed E-state index contributed by atoms with van der Waals surface area (Å²) in [6.45, 7) is 0.342. The number of nitrogens with zero attached hydrogens (tertiary/aromatic N) is 2. The molecule has 21 heavy (non-hydrogen) atoms. The van der Waals surface area contributed by atoms with Crippen molar-refractivity contribution >= 4 is 22.5 Å². The molecule has 0 atom stereocenters. The Morgan fingerprint density at radius 1 is 1.33 bits per heavy atom. The van der Waals surface area contributed by atoms with E-state index >= 15 is 0 Å². The molecule has 3 rings (SSSR count). The normalized spacial score (nSPS) is 10.5. The Bertz CT molecular complexity index is 767. The SMILES string of the molecule is CNc1cc(C(=O)NCc2ncc[nH]2)nc2ccccc12. The van der Waals surface area contributed by atoms with E-state index in [-0.39, 0.29) is 5.91 Å². The number of amides is 1. The number of carbonyl (C=O) groups excluding carboxylic acids is 1. The number of rotatable bonds is 4. The van der Waals surface area contributed by atoms with Crippen molar-refractivity contribution in [2.75, 3.05) is 12.4 Å². The van der Waals surface area contributed by atoms with Gasteiger partial charge in [0.05, 0.1) is 12.1 Å². The fraction of sp³-hybridized carbons (Fsp3) is 0.133. The molecule has 6 nitrogen and oxygen atoms in total. The summed E-state index contributed by atoms with van der Waals surface area (Å²) in [5.41, 5.74) is 2.04. The number of para-hydroxylation sites is 1. The molecule has 0 saturated heterocycles. The van der Waals surface area contributed by atoms with E-state index in [1.165, 1.54) is 0 Å². The highest BCUT2D eigenvalue weighted by atomic mass is 16.1. The molecule has 106 valence electrons. The second-order valence-corrected chi connectivity index (χ2v) is 4.54. The first kappa shape index (κ1) is 13.1. The molecule has 0 aliphatic carbocycles. The summed E-state index contributed by atoms with van der Waals surface area (Å²) < 4.78 is 0. The topological polar surface area (TPSA) is 82.7 Å². The number of pyridine rings is 1. The zero-order valence-electron chi connectivity index (χ0n) is 11.6.